The van der Waals surface area contributed by atoms with Gasteiger partial charge in [0.25, 0.3) is 6.47 Å². The van der Waals surface area contributed by atoms with E-state index in [-0.39, 0.29) is 63.7 Å². The number of carbonyl (C=O) groups is 9. The summed E-state index contributed by atoms with van der Waals surface area (Å²) in [6, 6.07) is 6.66. The van der Waals surface area contributed by atoms with Gasteiger partial charge in [-0.3, -0.25) is 38.4 Å². The molecule has 0 aromatic heterocycles. The quantitative estimate of drug-likeness (QED) is 0.0610. The molecule has 18 N–H and O–H groups in total. The molecule has 546 valence electrons. The van der Waals surface area contributed by atoms with E-state index in [4.69, 9.17) is 62.1 Å². The first kappa shape index (κ1) is 75.5. The number of hydrogen-bond donors (Lipinski definition) is 17. The number of nitrogens with one attached hydrogen (secondary N) is 5. The van der Waals surface area contributed by atoms with Crippen LogP contribution in [-0.4, -0.2) is 203 Å². The Balaban J connectivity index is 1.20. The summed E-state index contributed by atoms with van der Waals surface area (Å²) >= 11 is 14.0. The zero-order valence-electron chi connectivity index (χ0n) is 54.0. The van der Waals surface area contributed by atoms with Crippen LogP contribution in [0.5, 0.6) is 46.0 Å². The second kappa shape index (κ2) is 31.6. The van der Waals surface area contributed by atoms with Crippen LogP contribution >= 0.6 is 23.2 Å². The number of rotatable bonds is 15. The van der Waals surface area contributed by atoms with E-state index in [2.05, 4.69) is 26.6 Å². The first-order chi connectivity index (χ1) is 48.4. The molecule has 5 amide bonds. The zero-order chi connectivity index (χ0) is 74.0. The van der Waals surface area contributed by atoms with Gasteiger partial charge in [0.2, 0.25) is 47.8 Å². The summed E-state index contributed by atoms with van der Waals surface area (Å²) in [5.41, 5.74) is 3.55. The van der Waals surface area contributed by atoms with Crippen molar-refractivity contribution in [1.29, 1.82) is 0 Å². The molecule has 19 atom stereocenters. The van der Waals surface area contributed by atoms with Crippen LogP contribution in [0.15, 0.2) is 78.9 Å². The number of amides is 5. The summed E-state index contributed by atoms with van der Waals surface area (Å²) in [7, 11) is 1.48. The van der Waals surface area contributed by atoms with Gasteiger partial charge in [0.1, 0.15) is 108 Å². The number of hydrogen-bond acceptors (Lipinski definition) is 28. The molecule has 0 saturated carbocycles. The van der Waals surface area contributed by atoms with E-state index in [0.717, 1.165) is 66.7 Å². The number of phenolic OH excluding ortho intramolecular Hbond substituents is 3. The van der Waals surface area contributed by atoms with Crippen LogP contribution in [0.4, 0.5) is 0 Å². The minimum absolute atomic E-state index is 0.0900. The van der Waals surface area contributed by atoms with Crippen LogP contribution in [0.3, 0.4) is 0 Å². The second-order valence-corrected chi connectivity index (χ2v) is 26.1. The van der Waals surface area contributed by atoms with Crippen LogP contribution in [0, 0.1) is 11.8 Å². The molecule has 4 unspecified atom stereocenters. The van der Waals surface area contributed by atoms with Crippen molar-refractivity contribution in [2.75, 3.05) is 13.7 Å². The van der Waals surface area contributed by atoms with Crippen molar-refractivity contribution in [3.05, 3.63) is 117 Å². The Kier molecular flexibility index (Phi) is 23.4. The van der Waals surface area contributed by atoms with E-state index in [9.17, 15) is 84.9 Å². The average Bonchev–Trinajstić information content (AvgIpc) is 0.771. The molecule has 7 aliphatic heterocycles. The lowest BCUT2D eigenvalue weighted by molar-refractivity contribution is -0.346. The van der Waals surface area contributed by atoms with E-state index in [1.807, 2.05) is 13.8 Å². The Morgan fingerprint density at radius 2 is 1.32 bits per heavy atom. The number of aldehydes is 1. The number of phenols is 3. The normalized spacial score (nSPS) is 29.3. The van der Waals surface area contributed by atoms with Gasteiger partial charge in [-0.05, 0) is 96.2 Å². The number of aliphatic hydroxyl groups excluding tert-OH is 8. The molecular formula is C67H72Cl2N6O27. The highest BCUT2D eigenvalue weighted by molar-refractivity contribution is 6.32. The second-order valence-electron chi connectivity index (χ2n) is 25.3. The van der Waals surface area contributed by atoms with E-state index < -0.39 is 239 Å². The standard InChI is InChI=1S/C67H72Cl2N6O27/c1-24(2)10-36(71-3)63(94)73-50-39(82)14-29(17-47(70)84)61(92)72-49-28-15-43(97-41-8-5-26(52(50)85)12-34(41)68)59(101-67-58(91)56(89)60(46(22-77)100-67)102-66-57(90)55(88)54(87)45(21-76)99-66)44(16-28)98-42-9-6-27(13-35(42)69)53(86)51-64(95)75-65(96-23-78)33-18-30(79)19-38(81)48(33)32-11-25(4-7-37(32)80)31(20-40(49)83)62(93)74-51/h4-9,11-13,15-16,18-19,21,23-24,29,31,36,45-46,49-58,60,65-67,71,77,79-81,85-91H,10,14,17,20,22H2,1-3H3,(H2,70,84)(H,72,92)(H,73,94)(H,74,93)(H,75,95)/t29-,31?,36+,45+,46+,49+,50-,51-,52+,53?,54-,55-,56+,57+,58+,60+,65-,66?,67?/m0/s1. The molecule has 2 saturated heterocycles. The molecule has 5 aromatic carbocycles. The topological polar surface area (TPSA) is 527 Å². The number of ketones is 2. The number of aliphatic hydroxyl groups is 8. The van der Waals surface area contributed by atoms with Crippen molar-refractivity contribution in [1.82, 2.24) is 26.6 Å². The third-order valence-electron chi connectivity index (χ3n) is 17.9. The highest BCUT2D eigenvalue weighted by atomic mass is 35.5. The molecule has 0 radical (unpaired) electrons. The molecule has 2 fully saturated rings. The Labute approximate surface area is 588 Å². The summed E-state index contributed by atoms with van der Waals surface area (Å²) < 4.78 is 41.9. The molecule has 12 rings (SSSR count). The molecule has 11 bridgehead atoms. The first-order valence-electron chi connectivity index (χ1n) is 31.7. The molecular weight excluding hydrogens is 1390 g/mol. The van der Waals surface area contributed by atoms with Crippen molar-refractivity contribution < 1.29 is 132 Å². The van der Waals surface area contributed by atoms with Crippen LogP contribution < -0.4 is 46.5 Å². The Bertz CT molecular complexity index is 4070. The summed E-state index contributed by atoms with van der Waals surface area (Å²) in [4.78, 5) is 128. The third-order valence-corrected chi connectivity index (χ3v) is 18.5. The van der Waals surface area contributed by atoms with Gasteiger partial charge >= 0.3 is 0 Å². The fraction of sp³-hybridized carbons (Fsp3) is 0.418. The maximum atomic E-state index is 16.1. The van der Waals surface area contributed by atoms with Crippen molar-refractivity contribution >= 4 is 77.1 Å². The van der Waals surface area contributed by atoms with Gasteiger partial charge in [-0.15, -0.1) is 0 Å². The number of nitrogens with two attached hydrogens (primary N) is 1. The highest BCUT2D eigenvalue weighted by Gasteiger charge is 2.52. The number of primary amides is 1. The fourth-order valence-electron chi connectivity index (χ4n) is 12.6. The molecule has 7 heterocycles. The van der Waals surface area contributed by atoms with E-state index in [1.54, 1.807) is 0 Å². The minimum atomic E-state index is -2.33. The monoisotopic (exact) mass is 1460 g/mol. The summed E-state index contributed by atoms with van der Waals surface area (Å²) in [5, 5.41) is 137. The van der Waals surface area contributed by atoms with Gasteiger partial charge in [-0.2, -0.15) is 0 Å². The minimum Gasteiger partial charge on any atom is -0.508 e. The van der Waals surface area contributed by atoms with Gasteiger partial charge < -0.3 is 126 Å². The number of Topliss-reactive ketones (excluding diaryl/α,β-unsaturated/α-hetero) is 2. The fourth-order valence-corrected chi connectivity index (χ4v) is 13.0. The van der Waals surface area contributed by atoms with Crippen LogP contribution in [0.1, 0.15) is 97.7 Å². The predicted octanol–water partition coefficient (Wildman–Crippen LogP) is -0.0785. The molecule has 0 aliphatic carbocycles. The third kappa shape index (κ3) is 15.9. The lowest BCUT2D eigenvalue weighted by Gasteiger charge is -2.45. The predicted molar refractivity (Wildman–Crippen MR) is 347 cm³/mol. The highest BCUT2D eigenvalue weighted by Crippen LogP contribution is 2.50. The number of likely N-dealkylation sites (N-methyl/N-ethyl adjacent to an activating group) is 1. The van der Waals surface area contributed by atoms with Gasteiger partial charge in [-0.25, -0.2) is 0 Å². The zero-order valence-corrected chi connectivity index (χ0v) is 55.5. The van der Waals surface area contributed by atoms with Crippen LogP contribution in [0.2, 0.25) is 10.0 Å². The lowest BCUT2D eigenvalue weighted by atomic mass is 9.85. The number of fused-ring (bicyclic) bond motifs is 15. The van der Waals surface area contributed by atoms with E-state index in [1.165, 1.54) is 19.2 Å². The molecule has 102 heavy (non-hydrogen) atoms. The SMILES string of the molecule is CN[C@H](CC(C)C)C(=O)N[C@H]1C(=O)C[C@@H](CC(N)=O)C(=O)N[C@H]2C(=O)CC3C(=O)N[C@H](C(=O)N[C@@H](OC=O)c4cc(O)cc(O)c4-c4cc3ccc4O)C(O)c3ccc(c(Cl)c3)Oc3cc2cc(c3OC2O[C@H](CO)[C@@H](OC3O[C@H](C=O)[C@H](O)[C@H](O)[C@H]3O)[C@H](O)[C@H]2O)Oc2ccc(cc2Cl)[C@H]1O. The molecule has 5 aromatic rings. The van der Waals surface area contributed by atoms with Crippen molar-refractivity contribution in [3.8, 4) is 57.1 Å². The summed E-state index contributed by atoms with van der Waals surface area (Å²) in [6.07, 6.45) is -29.4. The Hall–Kier alpha value is -9.17. The number of carbonyl (C=O) groups excluding carboxylic acids is 9. The molecule has 7 aliphatic rings. The van der Waals surface area contributed by atoms with E-state index in [0.29, 0.717) is 0 Å². The first-order valence-corrected chi connectivity index (χ1v) is 32.5. The largest absolute Gasteiger partial charge is 0.508 e. The van der Waals surface area contributed by atoms with Gasteiger partial charge in [-0.1, -0.05) is 55.2 Å². The van der Waals surface area contributed by atoms with Crippen LogP contribution in [0.25, 0.3) is 11.1 Å². The number of ether oxygens (including phenoxy) is 7. The lowest BCUT2D eigenvalue weighted by Crippen LogP contribution is -2.65. The summed E-state index contributed by atoms with van der Waals surface area (Å²) in [6.45, 7) is 2.42. The maximum absolute atomic E-state index is 16.1. The molecule has 35 heteroatoms. The van der Waals surface area contributed by atoms with Crippen molar-refractivity contribution in [2.45, 2.75) is 149 Å². The van der Waals surface area contributed by atoms with Crippen molar-refractivity contribution in [3.63, 3.8) is 0 Å². The van der Waals surface area contributed by atoms with Gasteiger partial charge in [0.15, 0.2) is 35.6 Å². The summed E-state index contributed by atoms with van der Waals surface area (Å²) in [5.74, 6) is -16.9. The smallest absolute Gasteiger partial charge is 0.295 e. The number of aromatic hydroxyl groups is 3. The number of benzene rings is 5. The molecule has 0 spiro atoms. The van der Waals surface area contributed by atoms with Gasteiger partial charge in [0, 0.05) is 42.0 Å². The average molecular weight is 1460 g/mol. The molecule has 33 nitrogen and oxygen atoms in total. The van der Waals surface area contributed by atoms with Gasteiger partial charge in [0.05, 0.1) is 34.5 Å². The number of halogens is 2. The van der Waals surface area contributed by atoms with E-state index >= 15 is 14.4 Å². The maximum Gasteiger partial charge on any atom is 0.295 e. The Morgan fingerprint density at radius 3 is 1.92 bits per heavy atom. The van der Waals surface area contributed by atoms with Crippen LogP contribution in [-0.2, 0) is 62.1 Å². The Morgan fingerprint density at radius 1 is 0.686 bits per heavy atom. The van der Waals surface area contributed by atoms with Crippen molar-refractivity contribution in [2.24, 2.45) is 17.6 Å².